The molecule has 28 heavy (non-hydrogen) atoms. The fourth-order valence-corrected chi connectivity index (χ4v) is 3.68. The second-order valence-electron chi connectivity index (χ2n) is 7.17. The summed E-state index contributed by atoms with van der Waals surface area (Å²) in [5.74, 6) is 0.723. The number of aryl methyl sites for hydroxylation is 1. The number of ether oxygens (including phenoxy) is 1. The number of amides is 1. The minimum absolute atomic E-state index is 0.0727. The highest BCUT2D eigenvalue weighted by atomic mass is 16.5. The summed E-state index contributed by atoms with van der Waals surface area (Å²) >= 11 is 0. The number of methoxy groups -OCH3 is 1. The molecule has 1 aliphatic rings. The first-order valence-electron chi connectivity index (χ1n) is 9.68. The lowest BCUT2D eigenvalue weighted by Crippen LogP contribution is -2.23. The highest BCUT2D eigenvalue weighted by Gasteiger charge is 2.32. The topological polar surface area (TPSA) is 86.3 Å². The van der Waals surface area contributed by atoms with Crippen molar-refractivity contribution >= 4 is 22.6 Å². The van der Waals surface area contributed by atoms with Gasteiger partial charge in [-0.1, -0.05) is 31.9 Å². The fourth-order valence-electron chi connectivity index (χ4n) is 3.68. The number of nitrogen functional groups attached to an aromatic ring is 1. The molecule has 3 aromatic rings. The summed E-state index contributed by atoms with van der Waals surface area (Å²) in [6, 6.07) is 7.73. The maximum Gasteiger partial charge on any atom is 0.258 e. The molecule has 0 bridgehead atoms. The molecular weight excluding hydrogens is 354 g/mol. The normalized spacial score (nSPS) is 13.4. The van der Waals surface area contributed by atoms with E-state index < -0.39 is 0 Å². The van der Waals surface area contributed by atoms with E-state index in [0.29, 0.717) is 24.3 Å². The van der Waals surface area contributed by atoms with E-state index in [9.17, 15) is 4.79 Å². The average molecular weight is 379 g/mol. The van der Waals surface area contributed by atoms with Crippen LogP contribution in [0.25, 0.3) is 11.0 Å². The first-order chi connectivity index (χ1) is 13.6. The predicted molar refractivity (Wildman–Crippen MR) is 108 cm³/mol. The van der Waals surface area contributed by atoms with Gasteiger partial charge in [0.25, 0.3) is 5.91 Å². The number of unbranched alkanes of at least 4 members (excludes halogenated alkanes) is 2. The lowest BCUT2D eigenvalue weighted by atomic mass is 10.1. The van der Waals surface area contributed by atoms with Gasteiger partial charge < -0.3 is 15.4 Å². The number of carbonyl (C=O) groups excluding carboxylic acids is 1. The van der Waals surface area contributed by atoms with Crippen LogP contribution in [0.4, 0.5) is 5.69 Å². The van der Waals surface area contributed by atoms with Gasteiger partial charge in [-0.25, -0.2) is 9.67 Å². The molecule has 0 saturated heterocycles. The van der Waals surface area contributed by atoms with Crippen molar-refractivity contribution in [2.75, 3.05) is 12.8 Å². The number of hydrogen-bond donors (Lipinski definition) is 1. The van der Waals surface area contributed by atoms with E-state index >= 15 is 0 Å². The molecule has 146 valence electrons. The zero-order valence-electron chi connectivity index (χ0n) is 16.3. The molecule has 1 aliphatic heterocycles. The summed E-state index contributed by atoms with van der Waals surface area (Å²) in [7, 11) is 1.64. The zero-order valence-corrected chi connectivity index (χ0v) is 16.3. The van der Waals surface area contributed by atoms with Gasteiger partial charge in [0.1, 0.15) is 5.75 Å². The van der Waals surface area contributed by atoms with Crippen LogP contribution in [0.15, 0.2) is 30.5 Å². The fraction of sp³-hybridized carbons (Fsp3) is 0.381. The van der Waals surface area contributed by atoms with E-state index in [1.807, 2.05) is 28.9 Å². The molecule has 0 aliphatic carbocycles. The largest absolute Gasteiger partial charge is 0.497 e. The van der Waals surface area contributed by atoms with Crippen LogP contribution in [-0.2, 0) is 19.6 Å². The summed E-state index contributed by atoms with van der Waals surface area (Å²) in [6.45, 7) is 3.96. The lowest BCUT2D eigenvalue weighted by molar-refractivity contribution is 0.0767. The Kier molecular flexibility index (Phi) is 4.90. The minimum atomic E-state index is -0.0727. The van der Waals surface area contributed by atoms with Crippen molar-refractivity contribution in [2.24, 2.45) is 0 Å². The second kappa shape index (κ2) is 7.50. The van der Waals surface area contributed by atoms with E-state index in [2.05, 4.69) is 12.0 Å². The first-order valence-corrected chi connectivity index (χ1v) is 9.68. The molecular formula is C21H25N5O2. The number of benzene rings is 1. The second-order valence-corrected chi connectivity index (χ2v) is 7.17. The maximum atomic E-state index is 13.0. The number of rotatable bonds is 7. The molecule has 0 radical (unpaired) electrons. The van der Waals surface area contributed by atoms with Crippen LogP contribution in [0.2, 0.25) is 0 Å². The Morgan fingerprint density at radius 1 is 1.21 bits per heavy atom. The Bertz CT molecular complexity index is 1010. The number of aromatic nitrogens is 3. The summed E-state index contributed by atoms with van der Waals surface area (Å²) in [5, 5.41) is 5.19. The van der Waals surface area contributed by atoms with Gasteiger partial charge in [-0.2, -0.15) is 5.10 Å². The van der Waals surface area contributed by atoms with Crippen molar-refractivity contribution in [3.05, 3.63) is 47.3 Å². The van der Waals surface area contributed by atoms with E-state index in [-0.39, 0.29) is 5.91 Å². The standard InChI is InChI=1S/C21H25N5O2/c1-3-4-5-10-26-20-16(11-23-26)19(22)18-17(24-20)13-25(21(18)27)12-14-6-8-15(28-2)9-7-14/h6-9,11H,3-5,10,12-13H2,1-2H3,(H2,22,24). The Balaban J connectivity index is 1.60. The number of carbonyl (C=O) groups is 1. The van der Waals surface area contributed by atoms with E-state index in [0.717, 1.165) is 53.8 Å². The summed E-state index contributed by atoms with van der Waals surface area (Å²) in [5.41, 5.74) is 9.92. The van der Waals surface area contributed by atoms with Crippen LogP contribution in [0.1, 0.15) is 47.8 Å². The van der Waals surface area contributed by atoms with Crippen molar-refractivity contribution in [3.63, 3.8) is 0 Å². The third-order valence-corrected chi connectivity index (χ3v) is 5.25. The molecule has 2 N–H and O–H groups in total. The van der Waals surface area contributed by atoms with Crippen LogP contribution in [-0.4, -0.2) is 32.7 Å². The lowest BCUT2D eigenvalue weighted by Gasteiger charge is -2.15. The Morgan fingerprint density at radius 2 is 2.00 bits per heavy atom. The van der Waals surface area contributed by atoms with Crippen molar-refractivity contribution in [1.29, 1.82) is 0 Å². The SMILES string of the molecule is CCCCCn1ncc2c(N)c3c(nc21)CN(Cc1ccc(OC)cc1)C3=O. The Labute approximate surface area is 164 Å². The summed E-state index contributed by atoms with van der Waals surface area (Å²) < 4.78 is 7.09. The van der Waals surface area contributed by atoms with Crippen molar-refractivity contribution in [3.8, 4) is 5.75 Å². The molecule has 0 unspecified atom stereocenters. The number of nitrogens with two attached hydrogens (primary N) is 1. The third-order valence-electron chi connectivity index (χ3n) is 5.25. The molecule has 7 heteroatoms. The highest BCUT2D eigenvalue weighted by Crippen LogP contribution is 2.33. The van der Waals surface area contributed by atoms with Crippen LogP contribution < -0.4 is 10.5 Å². The van der Waals surface area contributed by atoms with Crippen LogP contribution in [0, 0.1) is 0 Å². The van der Waals surface area contributed by atoms with E-state index in [1.165, 1.54) is 0 Å². The molecule has 1 amide bonds. The highest BCUT2D eigenvalue weighted by molar-refractivity contribution is 6.08. The molecule has 0 fully saturated rings. The van der Waals surface area contributed by atoms with Gasteiger partial charge in [0.05, 0.1) is 42.2 Å². The van der Waals surface area contributed by atoms with E-state index in [1.54, 1.807) is 18.2 Å². The van der Waals surface area contributed by atoms with Gasteiger partial charge in [-0.3, -0.25) is 4.79 Å². The number of pyridine rings is 1. The molecule has 3 heterocycles. The average Bonchev–Trinajstić information content (AvgIpc) is 3.25. The minimum Gasteiger partial charge on any atom is -0.497 e. The third kappa shape index (κ3) is 3.17. The van der Waals surface area contributed by atoms with Gasteiger partial charge in [-0.15, -0.1) is 0 Å². The van der Waals surface area contributed by atoms with Crippen molar-refractivity contribution < 1.29 is 9.53 Å². The van der Waals surface area contributed by atoms with Crippen molar-refractivity contribution in [2.45, 2.75) is 45.8 Å². The van der Waals surface area contributed by atoms with Crippen LogP contribution in [0.3, 0.4) is 0 Å². The Hall–Kier alpha value is -3.09. The van der Waals surface area contributed by atoms with Crippen LogP contribution >= 0.6 is 0 Å². The number of anilines is 1. The number of fused-ring (bicyclic) bond motifs is 2. The van der Waals surface area contributed by atoms with Gasteiger partial charge in [0, 0.05) is 13.1 Å². The molecule has 7 nitrogen and oxygen atoms in total. The summed E-state index contributed by atoms with van der Waals surface area (Å²) in [6.07, 6.45) is 5.08. The number of hydrogen-bond acceptors (Lipinski definition) is 5. The first kappa shape index (κ1) is 18.3. The molecule has 1 aromatic carbocycles. The van der Waals surface area contributed by atoms with Gasteiger partial charge in [0.2, 0.25) is 0 Å². The molecule has 4 rings (SSSR count). The smallest absolute Gasteiger partial charge is 0.258 e. The van der Waals surface area contributed by atoms with Crippen LogP contribution in [0.5, 0.6) is 5.75 Å². The van der Waals surface area contributed by atoms with Crippen molar-refractivity contribution in [1.82, 2.24) is 19.7 Å². The molecule has 0 spiro atoms. The van der Waals surface area contributed by atoms with E-state index in [4.69, 9.17) is 15.5 Å². The van der Waals surface area contributed by atoms with Gasteiger partial charge >= 0.3 is 0 Å². The predicted octanol–water partition coefficient (Wildman–Crippen LogP) is 3.37. The molecule has 2 aromatic heterocycles. The monoisotopic (exact) mass is 379 g/mol. The Morgan fingerprint density at radius 3 is 2.71 bits per heavy atom. The molecule has 0 atom stereocenters. The summed E-state index contributed by atoms with van der Waals surface area (Å²) in [4.78, 5) is 19.5. The maximum absolute atomic E-state index is 13.0. The number of nitrogens with zero attached hydrogens (tertiary/aromatic N) is 4. The molecule has 0 saturated carbocycles. The van der Waals surface area contributed by atoms with Gasteiger partial charge in [-0.05, 0) is 24.1 Å². The van der Waals surface area contributed by atoms with Gasteiger partial charge in [0.15, 0.2) is 5.65 Å². The zero-order chi connectivity index (χ0) is 19.7. The quantitative estimate of drug-likeness (QED) is 0.636.